The van der Waals surface area contributed by atoms with Crippen LogP contribution in [0.3, 0.4) is 0 Å². The number of furan rings is 1. The number of hydrogen-bond acceptors (Lipinski definition) is 10. The molecule has 1 atom stereocenters. The summed E-state index contributed by atoms with van der Waals surface area (Å²) in [6, 6.07) is 21.7. The molecule has 1 amide bonds. The van der Waals surface area contributed by atoms with Crippen LogP contribution in [-0.4, -0.2) is 93.2 Å². The van der Waals surface area contributed by atoms with Gasteiger partial charge in [-0.2, -0.15) is 0 Å². The fourth-order valence-corrected chi connectivity index (χ4v) is 7.05. The number of para-hydroxylation sites is 2. The summed E-state index contributed by atoms with van der Waals surface area (Å²) in [5.41, 5.74) is 4.28. The maximum absolute atomic E-state index is 13.7. The van der Waals surface area contributed by atoms with Gasteiger partial charge in [-0.15, -0.1) is 0 Å². The molecule has 1 fully saturated rings. The number of aliphatic hydroxyl groups is 1. The first-order valence-electron chi connectivity index (χ1n) is 17.7. The first-order valence-corrected chi connectivity index (χ1v) is 17.7. The number of carbonyl (C=O) groups is 1. The molecule has 12 nitrogen and oxygen atoms in total. The summed E-state index contributed by atoms with van der Waals surface area (Å²) in [5, 5.41) is 12.7. The second-order valence-electron chi connectivity index (χ2n) is 13.0. The molecule has 2 N–H and O–H groups in total. The van der Waals surface area contributed by atoms with Gasteiger partial charge >= 0.3 is 0 Å². The van der Waals surface area contributed by atoms with Crippen LogP contribution < -0.4 is 29.2 Å². The van der Waals surface area contributed by atoms with Crippen LogP contribution in [0.15, 0.2) is 71.1 Å². The van der Waals surface area contributed by atoms with Crippen LogP contribution in [-0.2, 0) is 13.2 Å². The maximum Gasteiger partial charge on any atom is 0.251 e. The predicted octanol–water partition coefficient (Wildman–Crippen LogP) is 5.63. The minimum Gasteiger partial charge on any atom is -0.497 e. The van der Waals surface area contributed by atoms with Gasteiger partial charge in [0.25, 0.3) is 5.91 Å². The fraction of sp³-hybridized carbons (Fsp3) is 0.400. The van der Waals surface area contributed by atoms with Crippen LogP contribution in [0.25, 0.3) is 11.0 Å². The van der Waals surface area contributed by atoms with E-state index in [-0.39, 0.29) is 18.4 Å². The minimum absolute atomic E-state index is 0.0675. The number of nitrogens with one attached hydrogen (secondary N) is 1. The van der Waals surface area contributed by atoms with E-state index in [1.807, 2.05) is 49.4 Å². The van der Waals surface area contributed by atoms with E-state index in [0.717, 1.165) is 79.6 Å². The van der Waals surface area contributed by atoms with Gasteiger partial charge in [-0.1, -0.05) is 24.3 Å². The van der Waals surface area contributed by atoms with E-state index >= 15 is 0 Å². The third kappa shape index (κ3) is 7.98. The first-order chi connectivity index (χ1) is 25.4. The van der Waals surface area contributed by atoms with E-state index in [1.165, 1.54) is 0 Å². The van der Waals surface area contributed by atoms with Gasteiger partial charge in [0, 0.05) is 43.2 Å². The number of imidazole rings is 1. The lowest BCUT2D eigenvalue weighted by atomic mass is 9.94. The van der Waals surface area contributed by atoms with Gasteiger partial charge in [0.05, 0.1) is 46.0 Å². The maximum atomic E-state index is 13.7. The number of amides is 1. The van der Waals surface area contributed by atoms with E-state index < -0.39 is 0 Å². The Morgan fingerprint density at radius 3 is 2.38 bits per heavy atom. The van der Waals surface area contributed by atoms with Crippen molar-refractivity contribution in [3.63, 3.8) is 0 Å². The van der Waals surface area contributed by atoms with E-state index in [0.29, 0.717) is 47.2 Å². The first kappa shape index (κ1) is 36.6. The Morgan fingerprint density at radius 2 is 1.67 bits per heavy atom. The standard InChI is InChI=1S/C40H49N5O7/c1-27-33(23-36(49-3)38(51-5)37(27)50-4)39(47)41-24-29(28-11-13-30(48-2)14-12-28)17-20-43-18-8-19-44(22-21-43)40-42-34-9-6-7-10-35(34)45(40)25-31-15-16-32(26-46)52-31/h6-7,9-16,23,29,46H,8,17-22,24-26H2,1-5H3,(H,41,47). The smallest absolute Gasteiger partial charge is 0.251 e. The predicted molar refractivity (Wildman–Crippen MR) is 200 cm³/mol. The van der Waals surface area contributed by atoms with Crippen molar-refractivity contribution in [2.75, 3.05) is 72.6 Å². The molecule has 2 aromatic heterocycles. The Bertz CT molecular complexity index is 1950. The third-order valence-electron chi connectivity index (χ3n) is 9.91. The summed E-state index contributed by atoms with van der Waals surface area (Å²) >= 11 is 0. The number of nitrogens with zero attached hydrogens (tertiary/aromatic N) is 4. The average molecular weight is 712 g/mol. The SMILES string of the molecule is COc1ccc(C(CCN2CCCN(c3nc4ccccc4n3Cc3ccc(CO)o3)CC2)CNC(=O)c2cc(OC)c(OC)c(OC)c2C)cc1. The van der Waals surface area contributed by atoms with Crippen LogP contribution in [0, 0.1) is 6.92 Å². The van der Waals surface area contributed by atoms with Gasteiger partial charge in [-0.05, 0) is 80.9 Å². The summed E-state index contributed by atoms with van der Waals surface area (Å²) in [6.45, 7) is 7.12. The summed E-state index contributed by atoms with van der Waals surface area (Å²) < 4.78 is 30.1. The minimum atomic E-state index is -0.203. The Kier molecular flexibility index (Phi) is 11.9. The van der Waals surface area contributed by atoms with Gasteiger partial charge in [0.1, 0.15) is 23.9 Å². The molecule has 3 aromatic carbocycles. The van der Waals surface area contributed by atoms with Crippen LogP contribution in [0.5, 0.6) is 23.0 Å². The van der Waals surface area contributed by atoms with Crippen molar-refractivity contribution in [2.45, 2.75) is 38.8 Å². The Morgan fingerprint density at radius 1 is 0.904 bits per heavy atom. The van der Waals surface area contributed by atoms with E-state index in [9.17, 15) is 9.90 Å². The molecule has 3 heterocycles. The van der Waals surface area contributed by atoms with Gasteiger partial charge < -0.3 is 48.2 Å². The van der Waals surface area contributed by atoms with E-state index in [2.05, 4.69) is 37.9 Å². The molecule has 52 heavy (non-hydrogen) atoms. The molecule has 1 saturated heterocycles. The molecule has 6 rings (SSSR count). The molecular weight excluding hydrogens is 662 g/mol. The van der Waals surface area contributed by atoms with Gasteiger partial charge in [-0.25, -0.2) is 4.98 Å². The van der Waals surface area contributed by atoms with Gasteiger partial charge in [0.15, 0.2) is 11.5 Å². The highest BCUT2D eigenvalue weighted by Crippen LogP contribution is 2.41. The quantitative estimate of drug-likeness (QED) is 0.141. The molecule has 1 unspecified atom stereocenters. The molecule has 0 aliphatic carbocycles. The zero-order valence-corrected chi connectivity index (χ0v) is 30.7. The van der Waals surface area contributed by atoms with E-state index in [1.54, 1.807) is 34.5 Å². The fourth-order valence-electron chi connectivity index (χ4n) is 7.05. The highest BCUT2D eigenvalue weighted by Gasteiger charge is 2.25. The molecule has 0 bridgehead atoms. The molecular formula is C40H49N5O7. The van der Waals surface area contributed by atoms with Crippen molar-refractivity contribution in [3.8, 4) is 23.0 Å². The number of methoxy groups -OCH3 is 4. The van der Waals surface area contributed by atoms with Crippen LogP contribution in [0.1, 0.15) is 51.8 Å². The van der Waals surface area contributed by atoms with Crippen LogP contribution in [0.4, 0.5) is 5.95 Å². The number of hydrogen-bond donors (Lipinski definition) is 2. The lowest BCUT2D eigenvalue weighted by molar-refractivity contribution is 0.0948. The summed E-state index contributed by atoms with van der Waals surface area (Å²) in [4.78, 5) is 23.6. The molecule has 1 aliphatic heterocycles. The molecule has 276 valence electrons. The Labute approximate surface area is 304 Å². The largest absolute Gasteiger partial charge is 0.497 e. The Hall–Kier alpha value is -5.20. The Balaban J connectivity index is 1.15. The molecule has 0 radical (unpaired) electrons. The summed E-state index contributed by atoms with van der Waals surface area (Å²) in [7, 11) is 6.31. The number of carbonyl (C=O) groups excluding carboxylic acids is 1. The number of rotatable bonds is 15. The number of benzene rings is 3. The van der Waals surface area contributed by atoms with Crippen LogP contribution in [0.2, 0.25) is 0 Å². The number of aliphatic hydroxyl groups excluding tert-OH is 1. The topological polar surface area (TPSA) is 124 Å². The monoisotopic (exact) mass is 711 g/mol. The highest BCUT2D eigenvalue weighted by atomic mass is 16.5. The van der Waals surface area contributed by atoms with Crippen molar-refractivity contribution in [2.24, 2.45) is 0 Å². The molecule has 0 saturated carbocycles. The molecule has 0 spiro atoms. The molecule has 1 aliphatic rings. The second kappa shape index (κ2) is 16.9. The molecule has 12 heteroatoms. The lowest BCUT2D eigenvalue weighted by Gasteiger charge is -2.25. The lowest BCUT2D eigenvalue weighted by Crippen LogP contribution is -2.34. The summed E-state index contributed by atoms with van der Waals surface area (Å²) in [5.74, 6) is 4.27. The summed E-state index contributed by atoms with van der Waals surface area (Å²) in [6.07, 6.45) is 1.84. The number of ether oxygens (including phenoxy) is 4. The van der Waals surface area contributed by atoms with Crippen molar-refractivity contribution in [3.05, 3.63) is 94.9 Å². The normalized spacial score (nSPS) is 14.2. The molecule has 5 aromatic rings. The third-order valence-corrected chi connectivity index (χ3v) is 9.91. The number of fused-ring (bicyclic) bond motifs is 1. The van der Waals surface area contributed by atoms with E-state index in [4.69, 9.17) is 28.3 Å². The highest BCUT2D eigenvalue weighted by molar-refractivity contribution is 5.97. The van der Waals surface area contributed by atoms with Gasteiger partial charge in [0.2, 0.25) is 11.7 Å². The number of anilines is 1. The number of aromatic nitrogens is 2. The average Bonchev–Trinajstić information content (AvgIpc) is 3.71. The van der Waals surface area contributed by atoms with Crippen molar-refractivity contribution in [1.29, 1.82) is 0 Å². The zero-order chi connectivity index (χ0) is 36.6. The zero-order valence-electron chi connectivity index (χ0n) is 30.7. The second-order valence-corrected chi connectivity index (χ2v) is 13.0. The van der Waals surface area contributed by atoms with Gasteiger partial charge in [-0.3, -0.25) is 4.79 Å². The van der Waals surface area contributed by atoms with Crippen molar-refractivity contribution < 1.29 is 33.3 Å². The van der Waals surface area contributed by atoms with Crippen molar-refractivity contribution >= 4 is 22.9 Å². The van der Waals surface area contributed by atoms with Crippen molar-refractivity contribution in [1.82, 2.24) is 19.8 Å². The van der Waals surface area contributed by atoms with Crippen LogP contribution >= 0.6 is 0 Å².